The van der Waals surface area contributed by atoms with E-state index in [2.05, 4.69) is 17.6 Å². The van der Waals surface area contributed by atoms with Gasteiger partial charge in [0.15, 0.2) is 5.11 Å². The van der Waals surface area contributed by atoms with Crippen LogP contribution in [0.3, 0.4) is 0 Å². The number of hydrogen-bond donors (Lipinski definition) is 2. The van der Waals surface area contributed by atoms with Gasteiger partial charge in [-0.3, -0.25) is 0 Å². The van der Waals surface area contributed by atoms with Crippen LogP contribution in [0.5, 0.6) is 0 Å². The average molecular weight is 226 g/mol. The number of rotatable bonds is 3. The molecule has 0 bridgehead atoms. The van der Waals surface area contributed by atoms with Crippen LogP contribution in [0.4, 0.5) is 0 Å². The summed E-state index contributed by atoms with van der Waals surface area (Å²) in [6.45, 7) is 2.24. The van der Waals surface area contributed by atoms with E-state index in [-0.39, 0.29) is 0 Å². The summed E-state index contributed by atoms with van der Waals surface area (Å²) in [6, 6.07) is 1.19. The van der Waals surface area contributed by atoms with E-state index in [9.17, 15) is 0 Å². The molecule has 2 aliphatic carbocycles. The molecule has 0 aromatic heterocycles. The molecule has 2 nitrogen and oxygen atoms in total. The normalized spacial score (nSPS) is 24.6. The summed E-state index contributed by atoms with van der Waals surface area (Å²) in [5.41, 5.74) is 0. The first-order valence-electron chi connectivity index (χ1n) is 6.33. The van der Waals surface area contributed by atoms with Crippen molar-refractivity contribution in [3.63, 3.8) is 0 Å². The van der Waals surface area contributed by atoms with Crippen LogP contribution in [0.15, 0.2) is 0 Å². The number of thiocarbonyl (C=S) groups is 1. The summed E-state index contributed by atoms with van der Waals surface area (Å²) in [6.07, 6.45) is 9.45. The van der Waals surface area contributed by atoms with Crippen molar-refractivity contribution >= 4 is 17.3 Å². The first-order chi connectivity index (χ1) is 7.25. The Kier molecular flexibility index (Phi) is 3.84. The highest BCUT2D eigenvalue weighted by atomic mass is 32.1. The molecule has 2 aliphatic rings. The molecule has 15 heavy (non-hydrogen) atoms. The molecular formula is C12H22N2S. The third kappa shape index (κ3) is 3.63. The van der Waals surface area contributed by atoms with Crippen molar-refractivity contribution in [2.45, 2.75) is 64.0 Å². The highest BCUT2D eigenvalue weighted by Crippen LogP contribution is 2.32. The second kappa shape index (κ2) is 5.15. The van der Waals surface area contributed by atoms with Crippen LogP contribution < -0.4 is 10.6 Å². The van der Waals surface area contributed by atoms with Crippen LogP contribution in [0.1, 0.15) is 51.9 Å². The molecule has 2 fully saturated rings. The summed E-state index contributed by atoms with van der Waals surface area (Å²) >= 11 is 5.34. The largest absolute Gasteiger partial charge is 0.360 e. The molecule has 0 radical (unpaired) electrons. The fraction of sp³-hybridized carbons (Fsp3) is 0.917. The van der Waals surface area contributed by atoms with Gasteiger partial charge in [-0.1, -0.05) is 19.3 Å². The second-order valence-corrected chi connectivity index (χ2v) is 5.49. The summed E-state index contributed by atoms with van der Waals surface area (Å²) in [5.74, 6) is 0.871. The van der Waals surface area contributed by atoms with Crippen molar-refractivity contribution in [3.8, 4) is 0 Å². The molecule has 2 saturated carbocycles. The molecule has 1 atom stereocenters. The summed E-state index contributed by atoms with van der Waals surface area (Å²) in [4.78, 5) is 0. The third-order valence-electron chi connectivity index (χ3n) is 3.63. The van der Waals surface area contributed by atoms with Gasteiger partial charge in [-0.25, -0.2) is 0 Å². The molecule has 0 saturated heterocycles. The highest BCUT2D eigenvalue weighted by molar-refractivity contribution is 7.80. The predicted molar refractivity (Wildman–Crippen MR) is 67.9 cm³/mol. The van der Waals surface area contributed by atoms with E-state index in [0.29, 0.717) is 12.1 Å². The van der Waals surface area contributed by atoms with Crippen LogP contribution in [0, 0.1) is 5.92 Å². The van der Waals surface area contributed by atoms with Gasteiger partial charge in [0.2, 0.25) is 0 Å². The van der Waals surface area contributed by atoms with Crippen molar-refractivity contribution in [2.75, 3.05) is 0 Å². The van der Waals surface area contributed by atoms with Crippen molar-refractivity contribution in [3.05, 3.63) is 0 Å². The minimum Gasteiger partial charge on any atom is -0.360 e. The van der Waals surface area contributed by atoms with Gasteiger partial charge in [0.1, 0.15) is 0 Å². The van der Waals surface area contributed by atoms with Crippen LogP contribution >= 0.6 is 12.2 Å². The summed E-state index contributed by atoms with van der Waals surface area (Å²) < 4.78 is 0. The SMILES string of the molecule is CC(NC(=S)NC1CCCCC1)C1CC1. The molecule has 0 spiro atoms. The fourth-order valence-electron chi connectivity index (χ4n) is 2.39. The van der Waals surface area contributed by atoms with Crippen molar-refractivity contribution in [1.29, 1.82) is 0 Å². The Hall–Kier alpha value is -0.310. The second-order valence-electron chi connectivity index (χ2n) is 5.08. The maximum atomic E-state index is 5.34. The molecule has 86 valence electrons. The molecule has 0 heterocycles. The summed E-state index contributed by atoms with van der Waals surface area (Å²) in [5, 5.41) is 7.74. The molecular weight excluding hydrogens is 204 g/mol. The Balaban J connectivity index is 1.66. The van der Waals surface area contributed by atoms with Gasteiger partial charge in [0.25, 0.3) is 0 Å². The van der Waals surface area contributed by atoms with E-state index in [0.717, 1.165) is 11.0 Å². The number of hydrogen-bond acceptors (Lipinski definition) is 1. The Labute approximate surface area is 98.2 Å². The van der Waals surface area contributed by atoms with Gasteiger partial charge in [-0.05, 0) is 50.7 Å². The lowest BCUT2D eigenvalue weighted by molar-refractivity contribution is 0.409. The molecule has 2 rings (SSSR count). The molecule has 2 N–H and O–H groups in total. The fourth-order valence-corrected chi connectivity index (χ4v) is 2.75. The highest BCUT2D eigenvalue weighted by Gasteiger charge is 2.28. The van der Waals surface area contributed by atoms with Crippen LogP contribution in [0.25, 0.3) is 0 Å². The van der Waals surface area contributed by atoms with E-state index < -0.39 is 0 Å². The summed E-state index contributed by atoms with van der Waals surface area (Å²) in [7, 11) is 0. The lowest BCUT2D eigenvalue weighted by atomic mass is 9.96. The van der Waals surface area contributed by atoms with Crippen LogP contribution in [0.2, 0.25) is 0 Å². The van der Waals surface area contributed by atoms with E-state index in [1.165, 1.54) is 44.9 Å². The molecule has 0 amide bonds. The zero-order valence-electron chi connectivity index (χ0n) is 9.59. The van der Waals surface area contributed by atoms with Gasteiger partial charge in [0, 0.05) is 12.1 Å². The quantitative estimate of drug-likeness (QED) is 0.723. The zero-order valence-corrected chi connectivity index (χ0v) is 10.4. The van der Waals surface area contributed by atoms with Crippen LogP contribution in [-0.2, 0) is 0 Å². The molecule has 0 aliphatic heterocycles. The van der Waals surface area contributed by atoms with E-state index in [1.54, 1.807) is 0 Å². The van der Waals surface area contributed by atoms with Crippen molar-refractivity contribution in [2.24, 2.45) is 5.92 Å². The maximum absolute atomic E-state index is 5.34. The third-order valence-corrected chi connectivity index (χ3v) is 3.86. The molecule has 1 unspecified atom stereocenters. The van der Waals surface area contributed by atoms with Crippen molar-refractivity contribution in [1.82, 2.24) is 10.6 Å². The van der Waals surface area contributed by atoms with E-state index in [1.807, 2.05) is 0 Å². The van der Waals surface area contributed by atoms with Crippen LogP contribution in [-0.4, -0.2) is 17.2 Å². The monoisotopic (exact) mass is 226 g/mol. The molecule has 0 aromatic rings. The Morgan fingerprint density at radius 1 is 1.13 bits per heavy atom. The van der Waals surface area contributed by atoms with Gasteiger partial charge < -0.3 is 10.6 Å². The minimum absolute atomic E-state index is 0.564. The minimum atomic E-state index is 0.564. The van der Waals surface area contributed by atoms with E-state index in [4.69, 9.17) is 12.2 Å². The molecule has 3 heteroatoms. The van der Waals surface area contributed by atoms with Gasteiger partial charge >= 0.3 is 0 Å². The Morgan fingerprint density at radius 2 is 1.80 bits per heavy atom. The van der Waals surface area contributed by atoms with Gasteiger partial charge in [0.05, 0.1) is 0 Å². The Morgan fingerprint density at radius 3 is 2.40 bits per heavy atom. The standard InChI is InChI=1S/C12H22N2S/c1-9(10-7-8-10)13-12(15)14-11-5-3-2-4-6-11/h9-11H,2-8H2,1H3,(H2,13,14,15). The lowest BCUT2D eigenvalue weighted by Crippen LogP contribution is -2.46. The van der Waals surface area contributed by atoms with Gasteiger partial charge in [-0.2, -0.15) is 0 Å². The topological polar surface area (TPSA) is 24.1 Å². The predicted octanol–water partition coefficient (Wildman–Crippen LogP) is 2.58. The van der Waals surface area contributed by atoms with Gasteiger partial charge in [-0.15, -0.1) is 0 Å². The smallest absolute Gasteiger partial charge is 0.166 e. The Bertz CT molecular complexity index is 220. The molecule has 0 aromatic carbocycles. The zero-order chi connectivity index (χ0) is 10.7. The van der Waals surface area contributed by atoms with Crippen molar-refractivity contribution < 1.29 is 0 Å². The number of nitrogens with one attached hydrogen (secondary N) is 2. The first-order valence-corrected chi connectivity index (χ1v) is 6.73. The first kappa shape index (κ1) is 11.2. The van der Waals surface area contributed by atoms with E-state index >= 15 is 0 Å². The average Bonchev–Trinajstić information content (AvgIpc) is 3.01. The maximum Gasteiger partial charge on any atom is 0.166 e. The lowest BCUT2D eigenvalue weighted by Gasteiger charge is -2.25.